The molecular weight excluding hydrogens is 378 g/mol. The highest BCUT2D eigenvalue weighted by atomic mass is 16.5. The minimum absolute atomic E-state index is 0.0187. The summed E-state index contributed by atoms with van der Waals surface area (Å²) in [4.78, 5) is 24.3. The smallest absolute Gasteiger partial charge is 0.323 e. The van der Waals surface area contributed by atoms with E-state index >= 15 is 0 Å². The fourth-order valence-electron chi connectivity index (χ4n) is 4.61. The fraction of sp³-hybridized carbons (Fsp3) is 0.600. The minimum Gasteiger partial charge on any atom is -0.461 e. The summed E-state index contributed by atoms with van der Waals surface area (Å²) < 4.78 is 5.88. The Bertz CT molecular complexity index is 715. The van der Waals surface area contributed by atoms with E-state index in [1.807, 2.05) is 24.3 Å². The van der Waals surface area contributed by atoms with Gasteiger partial charge in [0, 0.05) is 6.04 Å². The second kappa shape index (κ2) is 11.4. The van der Waals surface area contributed by atoms with Crippen LogP contribution in [0.2, 0.25) is 0 Å². The van der Waals surface area contributed by atoms with E-state index in [4.69, 9.17) is 9.84 Å². The molecule has 2 aliphatic rings. The third-order valence-corrected chi connectivity index (χ3v) is 6.44. The molecule has 0 aromatic heterocycles. The van der Waals surface area contributed by atoms with Crippen LogP contribution in [0, 0.1) is 5.92 Å². The van der Waals surface area contributed by atoms with E-state index in [1.54, 1.807) is 6.08 Å². The van der Waals surface area contributed by atoms with Crippen LogP contribution in [0.4, 0.5) is 0 Å². The molecule has 3 rings (SSSR count). The van der Waals surface area contributed by atoms with Crippen LogP contribution in [0.25, 0.3) is 6.08 Å². The summed E-state index contributed by atoms with van der Waals surface area (Å²) in [6.07, 6.45) is 13.2. The van der Waals surface area contributed by atoms with Gasteiger partial charge in [-0.25, -0.2) is 0 Å². The summed E-state index contributed by atoms with van der Waals surface area (Å²) in [6, 6.07) is 7.68. The highest BCUT2D eigenvalue weighted by Crippen LogP contribution is 2.30. The maximum Gasteiger partial charge on any atom is 0.323 e. The molecular formula is C25H35NO4. The molecule has 1 aromatic rings. The molecule has 2 N–H and O–H groups in total. The molecule has 2 saturated carbocycles. The van der Waals surface area contributed by atoms with E-state index < -0.39 is 6.61 Å². The average Bonchev–Trinajstić information content (AvgIpc) is 3.29. The van der Waals surface area contributed by atoms with Crippen LogP contribution in [-0.2, 0) is 14.3 Å². The Kier molecular flexibility index (Phi) is 8.64. The number of hydrogen-bond donors (Lipinski definition) is 2. The minimum atomic E-state index is -0.477. The number of carbonyl (C=O) groups excluding carboxylic acids is 2. The first-order valence-electron chi connectivity index (χ1n) is 11.4. The van der Waals surface area contributed by atoms with Gasteiger partial charge in [-0.05, 0) is 68.6 Å². The van der Waals surface area contributed by atoms with Crippen molar-refractivity contribution >= 4 is 17.8 Å². The van der Waals surface area contributed by atoms with Crippen molar-refractivity contribution in [3.8, 4) is 0 Å². The summed E-state index contributed by atoms with van der Waals surface area (Å²) in [5.41, 5.74) is 1.99. The first-order valence-corrected chi connectivity index (χ1v) is 11.4. The lowest BCUT2D eigenvalue weighted by atomic mass is 9.83. The van der Waals surface area contributed by atoms with Crippen molar-refractivity contribution in [2.45, 2.75) is 82.9 Å². The zero-order valence-corrected chi connectivity index (χ0v) is 18.0. The molecule has 2 atom stereocenters. The zero-order chi connectivity index (χ0) is 21.3. The van der Waals surface area contributed by atoms with Crippen molar-refractivity contribution in [3.05, 3.63) is 41.5 Å². The zero-order valence-electron chi connectivity index (χ0n) is 18.0. The van der Waals surface area contributed by atoms with Gasteiger partial charge >= 0.3 is 5.97 Å². The maximum atomic E-state index is 13.1. The van der Waals surface area contributed by atoms with Gasteiger partial charge in [-0.15, -0.1) is 0 Å². The summed E-state index contributed by atoms with van der Waals surface area (Å²) >= 11 is 0. The topological polar surface area (TPSA) is 75.6 Å². The lowest BCUT2D eigenvalue weighted by Gasteiger charge is -2.32. The summed E-state index contributed by atoms with van der Waals surface area (Å²) in [5.74, 6) is -0.0604. The van der Waals surface area contributed by atoms with E-state index in [1.165, 1.54) is 25.3 Å². The van der Waals surface area contributed by atoms with Gasteiger partial charge in [0.25, 0.3) is 0 Å². The van der Waals surface area contributed by atoms with E-state index in [0.29, 0.717) is 5.92 Å². The molecule has 1 unspecified atom stereocenters. The number of aliphatic hydroxyl groups excluding tert-OH is 1. The third-order valence-electron chi connectivity index (χ3n) is 6.44. The van der Waals surface area contributed by atoms with Crippen LogP contribution in [-0.4, -0.2) is 35.6 Å². The number of rotatable bonds is 9. The molecule has 2 fully saturated rings. The van der Waals surface area contributed by atoms with Gasteiger partial charge in [-0.1, -0.05) is 49.6 Å². The van der Waals surface area contributed by atoms with Gasteiger partial charge in [-0.2, -0.15) is 0 Å². The van der Waals surface area contributed by atoms with Crippen molar-refractivity contribution in [2.24, 2.45) is 5.92 Å². The fourth-order valence-corrected chi connectivity index (χ4v) is 4.61. The molecule has 0 aliphatic heterocycles. The Hall–Kier alpha value is -1.98. The molecule has 0 heterocycles. The van der Waals surface area contributed by atoms with Crippen LogP contribution in [0.15, 0.2) is 30.3 Å². The van der Waals surface area contributed by atoms with Gasteiger partial charge in [0.05, 0.1) is 0 Å². The predicted molar refractivity (Wildman–Crippen MR) is 118 cm³/mol. The standard InChI is InChI=1S/C25H35NO4/c1-18(20-14-11-19(12-15-20)13-16-22(28)17-27)26-24(21-7-3-2-4-8-21)25(29)30-23-9-5-6-10-23/h11-16,18,21,23-24,26-27H,2-10,17H2,1H3/b16-13+/t18?,24-/m0/s1. The highest BCUT2D eigenvalue weighted by Gasteiger charge is 2.33. The second-order valence-corrected chi connectivity index (χ2v) is 8.73. The predicted octanol–water partition coefficient (Wildman–Crippen LogP) is 4.35. The summed E-state index contributed by atoms with van der Waals surface area (Å²) in [7, 11) is 0. The Labute approximate surface area is 179 Å². The number of esters is 1. The molecule has 0 amide bonds. The number of hydrogen-bond acceptors (Lipinski definition) is 5. The third kappa shape index (κ3) is 6.51. The van der Waals surface area contributed by atoms with Gasteiger partial charge in [0.15, 0.2) is 5.78 Å². The SMILES string of the molecule is CC(N[C@H](C(=O)OC1CCCC1)C1CCCCC1)c1ccc(/C=C/C(=O)CO)cc1. The van der Waals surface area contributed by atoms with Crippen LogP contribution >= 0.6 is 0 Å². The first kappa shape index (κ1) is 22.7. The molecule has 5 heteroatoms. The number of ether oxygens (including phenoxy) is 1. The average molecular weight is 414 g/mol. The number of aliphatic hydroxyl groups is 1. The van der Waals surface area contributed by atoms with E-state index in [2.05, 4.69) is 12.2 Å². The molecule has 2 aliphatic carbocycles. The lowest BCUT2D eigenvalue weighted by molar-refractivity contribution is -0.153. The number of carbonyl (C=O) groups is 2. The van der Waals surface area contributed by atoms with Crippen molar-refractivity contribution < 1.29 is 19.4 Å². The number of ketones is 1. The Morgan fingerprint density at radius 3 is 2.33 bits per heavy atom. The van der Waals surface area contributed by atoms with Crippen LogP contribution < -0.4 is 5.32 Å². The van der Waals surface area contributed by atoms with Crippen LogP contribution in [0.5, 0.6) is 0 Å². The Morgan fingerprint density at radius 1 is 1.07 bits per heavy atom. The summed E-state index contributed by atoms with van der Waals surface area (Å²) in [6.45, 7) is 1.61. The van der Waals surface area contributed by atoms with E-state index in [9.17, 15) is 9.59 Å². The second-order valence-electron chi connectivity index (χ2n) is 8.73. The van der Waals surface area contributed by atoms with E-state index in [-0.39, 0.29) is 29.9 Å². The van der Waals surface area contributed by atoms with Crippen molar-refractivity contribution in [3.63, 3.8) is 0 Å². The largest absolute Gasteiger partial charge is 0.461 e. The molecule has 1 aromatic carbocycles. The normalized spacial score (nSPS) is 20.3. The van der Waals surface area contributed by atoms with Crippen molar-refractivity contribution in [1.82, 2.24) is 5.32 Å². The lowest BCUT2D eigenvalue weighted by Crippen LogP contribution is -2.46. The van der Waals surface area contributed by atoms with E-state index in [0.717, 1.165) is 49.7 Å². The Balaban J connectivity index is 1.65. The number of benzene rings is 1. The van der Waals surface area contributed by atoms with Crippen LogP contribution in [0.1, 0.15) is 81.9 Å². The number of nitrogens with one attached hydrogen (secondary N) is 1. The van der Waals surface area contributed by atoms with Crippen molar-refractivity contribution in [2.75, 3.05) is 6.61 Å². The van der Waals surface area contributed by atoms with Gasteiger partial charge < -0.3 is 9.84 Å². The van der Waals surface area contributed by atoms with Crippen LogP contribution in [0.3, 0.4) is 0 Å². The highest BCUT2D eigenvalue weighted by molar-refractivity contribution is 5.94. The molecule has 164 valence electrons. The molecule has 0 spiro atoms. The molecule has 0 saturated heterocycles. The monoisotopic (exact) mass is 413 g/mol. The summed E-state index contributed by atoms with van der Waals surface area (Å²) in [5, 5.41) is 12.4. The first-order chi connectivity index (χ1) is 14.6. The van der Waals surface area contributed by atoms with Crippen molar-refractivity contribution in [1.29, 1.82) is 0 Å². The molecule has 0 radical (unpaired) electrons. The molecule has 0 bridgehead atoms. The van der Waals surface area contributed by atoms with Gasteiger partial charge in [0.1, 0.15) is 18.8 Å². The quantitative estimate of drug-likeness (QED) is 0.465. The Morgan fingerprint density at radius 2 is 1.70 bits per heavy atom. The van der Waals surface area contributed by atoms with Gasteiger partial charge in [-0.3, -0.25) is 14.9 Å². The van der Waals surface area contributed by atoms with Gasteiger partial charge in [0.2, 0.25) is 0 Å². The maximum absolute atomic E-state index is 13.1. The molecule has 5 nitrogen and oxygen atoms in total. The molecule has 30 heavy (non-hydrogen) atoms.